The molecule has 38 heavy (non-hydrogen) atoms. The van der Waals surface area contributed by atoms with Gasteiger partial charge in [-0.1, -0.05) is 18.2 Å². The van der Waals surface area contributed by atoms with E-state index in [-0.39, 0.29) is 39.9 Å². The van der Waals surface area contributed by atoms with Gasteiger partial charge in [0.25, 0.3) is 0 Å². The van der Waals surface area contributed by atoms with E-state index in [4.69, 9.17) is 14.2 Å². The van der Waals surface area contributed by atoms with Crippen LogP contribution in [0.4, 0.5) is 20.6 Å². The first-order chi connectivity index (χ1) is 18.4. The third kappa shape index (κ3) is 5.49. The van der Waals surface area contributed by atoms with Gasteiger partial charge in [-0.25, -0.2) is 18.8 Å². The number of amides is 2. The fourth-order valence-corrected chi connectivity index (χ4v) is 4.54. The van der Waals surface area contributed by atoms with E-state index in [2.05, 4.69) is 20.4 Å². The molecule has 2 amide bonds. The minimum atomic E-state index is -0.875. The number of benzene rings is 2. The number of halogens is 1. The van der Waals surface area contributed by atoms with Crippen LogP contribution in [0.3, 0.4) is 0 Å². The van der Waals surface area contributed by atoms with E-state index in [1.807, 2.05) is 24.3 Å². The number of carbonyl (C=O) groups is 3. The van der Waals surface area contributed by atoms with E-state index in [1.165, 1.54) is 18.6 Å². The smallest absolute Gasteiger partial charge is 0.349 e. The van der Waals surface area contributed by atoms with Gasteiger partial charge in [0, 0.05) is 35.3 Å². The van der Waals surface area contributed by atoms with Gasteiger partial charge in [-0.2, -0.15) is 0 Å². The molecule has 12 heteroatoms. The minimum absolute atomic E-state index is 0.00490. The van der Waals surface area contributed by atoms with Crippen LogP contribution in [0.2, 0.25) is 0 Å². The van der Waals surface area contributed by atoms with Gasteiger partial charge in [0.1, 0.15) is 17.0 Å². The number of aromatic nitrogens is 1. The summed E-state index contributed by atoms with van der Waals surface area (Å²) in [6.07, 6.45) is 3.42. The number of methoxy groups -OCH3 is 3. The van der Waals surface area contributed by atoms with Gasteiger partial charge in [-0.05, 0) is 17.0 Å². The zero-order valence-electron chi connectivity index (χ0n) is 20.5. The van der Waals surface area contributed by atoms with E-state index in [1.54, 1.807) is 12.4 Å². The van der Waals surface area contributed by atoms with Crippen molar-refractivity contribution < 1.29 is 37.7 Å². The lowest BCUT2D eigenvalue weighted by Crippen LogP contribution is -2.22. The highest BCUT2D eigenvalue weighted by Gasteiger charge is 2.26. The van der Waals surface area contributed by atoms with Crippen molar-refractivity contribution in [3.8, 4) is 11.5 Å². The Bertz CT molecular complexity index is 1520. The first-order valence-corrected chi connectivity index (χ1v) is 11.9. The first-order valence-electron chi connectivity index (χ1n) is 11.0. The van der Waals surface area contributed by atoms with Crippen molar-refractivity contribution in [2.75, 3.05) is 32.0 Å². The maximum absolute atomic E-state index is 14.8. The summed E-state index contributed by atoms with van der Waals surface area (Å²) in [5, 5.41) is 8.07. The van der Waals surface area contributed by atoms with Crippen LogP contribution < -0.4 is 20.1 Å². The molecule has 4 aromatic rings. The van der Waals surface area contributed by atoms with Crippen molar-refractivity contribution in [1.82, 2.24) is 4.98 Å². The molecule has 0 spiro atoms. The van der Waals surface area contributed by atoms with Crippen molar-refractivity contribution in [2.24, 2.45) is 0 Å². The highest BCUT2D eigenvalue weighted by Crippen LogP contribution is 2.34. The van der Waals surface area contributed by atoms with Crippen LogP contribution in [0.1, 0.15) is 25.6 Å². The number of anilines is 2. The number of rotatable bonds is 8. The summed E-state index contributed by atoms with van der Waals surface area (Å²) >= 11 is 0.884. The Labute approximate surface area is 220 Å². The lowest BCUT2D eigenvalue weighted by Gasteiger charge is -2.15. The van der Waals surface area contributed by atoms with Crippen LogP contribution in [-0.4, -0.2) is 44.3 Å². The second-order valence-corrected chi connectivity index (χ2v) is 8.58. The number of fused-ring (bicyclic) bond motifs is 1. The molecule has 0 fully saturated rings. The zero-order valence-corrected chi connectivity index (χ0v) is 21.3. The summed E-state index contributed by atoms with van der Waals surface area (Å²) in [5.74, 6) is -2.09. The number of hydrogen-bond acceptors (Lipinski definition) is 9. The Morgan fingerprint density at radius 3 is 2.47 bits per heavy atom. The number of carbonyl (C=O) groups excluding carboxylic acids is 3. The number of nitrogens with zero attached hydrogens (tertiary/aromatic N) is 1. The van der Waals surface area contributed by atoms with Gasteiger partial charge in [-0.15, -0.1) is 11.3 Å². The van der Waals surface area contributed by atoms with Crippen LogP contribution >= 0.6 is 11.3 Å². The molecule has 0 aliphatic carbocycles. The molecule has 0 aliphatic rings. The topological polar surface area (TPSA) is 125 Å². The molecule has 0 bridgehead atoms. The van der Waals surface area contributed by atoms with Crippen LogP contribution in [-0.2, 0) is 16.1 Å². The molecule has 10 nitrogen and oxygen atoms in total. The number of ether oxygens (including phenoxy) is 4. The molecule has 0 saturated heterocycles. The van der Waals surface area contributed by atoms with Crippen molar-refractivity contribution in [1.29, 1.82) is 0 Å². The molecule has 0 unspecified atom stereocenters. The fraction of sp³-hybridized carbons (Fsp3) is 0.154. The summed E-state index contributed by atoms with van der Waals surface area (Å²) in [6, 6.07) is 9.09. The number of urea groups is 1. The second kappa shape index (κ2) is 11.6. The van der Waals surface area contributed by atoms with Gasteiger partial charge < -0.3 is 29.6 Å². The van der Waals surface area contributed by atoms with Gasteiger partial charge in [0.15, 0.2) is 17.3 Å². The maximum atomic E-state index is 14.8. The monoisotopic (exact) mass is 539 g/mol. The number of nitrogens with one attached hydrogen (secondary N) is 2. The van der Waals surface area contributed by atoms with Gasteiger partial charge in [0.2, 0.25) is 0 Å². The Morgan fingerprint density at radius 2 is 1.74 bits per heavy atom. The summed E-state index contributed by atoms with van der Waals surface area (Å²) in [5.41, 5.74) is 0.461. The highest BCUT2D eigenvalue weighted by atomic mass is 32.1. The summed E-state index contributed by atoms with van der Waals surface area (Å²) in [4.78, 5) is 41.0. The molecule has 0 atom stereocenters. The lowest BCUT2D eigenvalue weighted by molar-refractivity contribution is 0.0561. The fourth-order valence-electron chi connectivity index (χ4n) is 3.63. The summed E-state index contributed by atoms with van der Waals surface area (Å²) in [7, 11) is 3.66. The Morgan fingerprint density at radius 1 is 0.974 bits per heavy atom. The molecule has 2 aromatic carbocycles. The largest absolute Gasteiger partial charge is 0.493 e. The highest BCUT2D eigenvalue weighted by molar-refractivity contribution is 7.13. The average molecular weight is 540 g/mol. The van der Waals surface area contributed by atoms with E-state index >= 15 is 0 Å². The third-order valence-electron chi connectivity index (χ3n) is 5.46. The number of thiophene rings is 1. The molecular formula is C26H22FN3O7S. The Balaban J connectivity index is 1.55. The molecule has 0 saturated carbocycles. The van der Waals surface area contributed by atoms with Gasteiger partial charge >= 0.3 is 18.0 Å². The maximum Gasteiger partial charge on any atom is 0.349 e. The molecular weight excluding hydrogens is 517 g/mol. The number of pyridine rings is 1. The molecule has 0 radical (unpaired) electrons. The van der Waals surface area contributed by atoms with Crippen LogP contribution in [0.15, 0.2) is 54.2 Å². The Hall–Kier alpha value is -4.71. The van der Waals surface area contributed by atoms with Crippen molar-refractivity contribution in [2.45, 2.75) is 6.61 Å². The zero-order chi connectivity index (χ0) is 27.2. The first kappa shape index (κ1) is 26.4. The van der Waals surface area contributed by atoms with E-state index in [0.717, 1.165) is 48.0 Å². The van der Waals surface area contributed by atoms with Crippen molar-refractivity contribution >= 4 is 51.5 Å². The lowest BCUT2D eigenvalue weighted by atomic mass is 10.1. The standard InChI is InChI=1S/C26H22FN3O7S/c1-34-20-9-17(27)18(10-21(20)37-12-15-6-4-5-14-7-8-28-11-16(14)15)29-26(33)30-19-13-38-23(25(32)36-3)22(19)24(31)35-2/h4-11,13H,12H2,1-3H3,(H2,29,30,33). The molecule has 2 aromatic heterocycles. The normalized spacial score (nSPS) is 10.5. The van der Waals surface area contributed by atoms with Crippen molar-refractivity contribution in [3.05, 3.63) is 76.0 Å². The number of esters is 2. The molecule has 2 heterocycles. The van der Waals surface area contributed by atoms with Crippen molar-refractivity contribution in [3.63, 3.8) is 0 Å². The SMILES string of the molecule is COC(=O)c1scc(NC(=O)Nc2cc(OCc3cccc4ccncc34)c(OC)cc2F)c1C(=O)OC. The number of hydrogen-bond donors (Lipinski definition) is 2. The molecule has 196 valence electrons. The minimum Gasteiger partial charge on any atom is -0.493 e. The summed E-state index contributed by atoms with van der Waals surface area (Å²) < 4.78 is 35.3. The summed E-state index contributed by atoms with van der Waals surface area (Å²) in [6.45, 7) is 0.129. The molecule has 0 aliphatic heterocycles. The van der Waals surface area contributed by atoms with E-state index < -0.39 is 23.8 Å². The van der Waals surface area contributed by atoms with E-state index in [9.17, 15) is 18.8 Å². The van der Waals surface area contributed by atoms with Gasteiger partial charge in [0.05, 0.1) is 32.7 Å². The average Bonchev–Trinajstić information content (AvgIpc) is 3.35. The molecule has 4 rings (SSSR count). The predicted octanol–water partition coefficient (Wildman–Crippen LogP) is 5.24. The Kier molecular flexibility index (Phi) is 8.02. The second-order valence-electron chi connectivity index (χ2n) is 7.70. The predicted molar refractivity (Wildman–Crippen MR) is 139 cm³/mol. The van der Waals surface area contributed by atoms with Crippen LogP contribution in [0.5, 0.6) is 11.5 Å². The quantitative estimate of drug-likeness (QED) is 0.291. The van der Waals surface area contributed by atoms with Crippen LogP contribution in [0.25, 0.3) is 10.8 Å². The van der Waals surface area contributed by atoms with E-state index in [0.29, 0.717) is 0 Å². The van der Waals surface area contributed by atoms with Crippen LogP contribution in [0, 0.1) is 5.82 Å². The molecule has 2 N–H and O–H groups in total. The third-order valence-corrected chi connectivity index (χ3v) is 6.42. The van der Waals surface area contributed by atoms with Gasteiger partial charge in [-0.3, -0.25) is 4.98 Å².